The summed E-state index contributed by atoms with van der Waals surface area (Å²) in [7, 11) is 0. The van der Waals surface area contributed by atoms with Crippen LogP contribution in [0.15, 0.2) is 47.1 Å². The third kappa shape index (κ3) is 3.49. The van der Waals surface area contributed by atoms with E-state index >= 15 is 0 Å². The molecule has 4 rings (SSSR count). The van der Waals surface area contributed by atoms with Gasteiger partial charge in [0.15, 0.2) is 0 Å². The highest BCUT2D eigenvalue weighted by Gasteiger charge is 2.35. The van der Waals surface area contributed by atoms with Crippen molar-refractivity contribution in [3.63, 3.8) is 0 Å². The summed E-state index contributed by atoms with van der Waals surface area (Å²) in [6.07, 6.45) is 2.96. The number of aryl methyl sites for hydroxylation is 1. The van der Waals surface area contributed by atoms with Crippen LogP contribution in [0.25, 0.3) is 11.0 Å². The van der Waals surface area contributed by atoms with Gasteiger partial charge in [-0.25, -0.2) is 9.97 Å². The number of halogens is 1. The first-order chi connectivity index (χ1) is 13.0. The summed E-state index contributed by atoms with van der Waals surface area (Å²) in [4.78, 5) is 33.3. The van der Waals surface area contributed by atoms with Gasteiger partial charge in [-0.15, -0.1) is 0 Å². The number of hydrogen-bond acceptors (Lipinski definition) is 5. The van der Waals surface area contributed by atoms with E-state index in [1.165, 1.54) is 0 Å². The number of ether oxygens (including phenoxy) is 1. The van der Waals surface area contributed by atoms with Gasteiger partial charge in [0, 0.05) is 17.3 Å². The lowest BCUT2D eigenvalue weighted by Gasteiger charge is -2.15. The molecule has 1 fully saturated rings. The van der Waals surface area contributed by atoms with Crippen molar-refractivity contribution < 1.29 is 14.3 Å². The monoisotopic (exact) mass is 424 g/mol. The molecule has 1 aliphatic carbocycles. The molecular weight excluding hydrogens is 408 g/mol. The fraction of sp³-hybridized carbons (Fsp3) is 0.238. The molecule has 0 spiro atoms. The van der Waals surface area contributed by atoms with Crippen LogP contribution in [0.4, 0.5) is 0 Å². The van der Waals surface area contributed by atoms with E-state index in [0.717, 1.165) is 27.5 Å². The molecule has 27 heavy (non-hydrogen) atoms. The number of carbonyl (C=O) groups is 2. The van der Waals surface area contributed by atoms with E-state index in [0.29, 0.717) is 30.0 Å². The molecule has 3 aromatic rings. The highest BCUT2D eigenvalue weighted by molar-refractivity contribution is 9.10. The maximum Gasteiger partial charge on any atom is 0.238 e. The minimum atomic E-state index is -0.665. The summed E-state index contributed by atoms with van der Waals surface area (Å²) in [5.41, 5.74) is 3.23. The van der Waals surface area contributed by atoms with Gasteiger partial charge in [-0.2, -0.15) is 0 Å². The van der Waals surface area contributed by atoms with Gasteiger partial charge in [-0.3, -0.25) is 9.59 Å². The van der Waals surface area contributed by atoms with Gasteiger partial charge in [-0.05, 0) is 47.9 Å². The van der Waals surface area contributed by atoms with Gasteiger partial charge in [0.25, 0.3) is 0 Å². The second kappa shape index (κ2) is 7.19. The molecule has 1 aromatic heterocycles. The number of ketones is 2. The molecule has 0 N–H and O–H groups in total. The number of fused-ring (bicyclic) bond motifs is 1. The molecule has 5 nitrogen and oxygen atoms in total. The zero-order chi connectivity index (χ0) is 19.0. The quantitative estimate of drug-likeness (QED) is 0.564. The van der Waals surface area contributed by atoms with E-state index in [-0.39, 0.29) is 11.6 Å². The molecule has 1 aliphatic rings. The molecule has 1 heterocycles. The SMILES string of the molecule is CCc1ccc(Oc2cnc3ccc(Br)cc3n2)cc1C1C(=O)CCC1=O. The van der Waals surface area contributed by atoms with E-state index in [4.69, 9.17) is 4.74 Å². The van der Waals surface area contributed by atoms with Crippen molar-refractivity contribution in [1.29, 1.82) is 0 Å². The van der Waals surface area contributed by atoms with Gasteiger partial charge in [0.1, 0.15) is 23.2 Å². The molecule has 0 bridgehead atoms. The number of Topliss-reactive ketones (excluding diaryl/α,β-unsaturated/α-hetero) is 2. The van der Waals surface area contributed by atoms with Gasteiger partial charge in [-0.1, -0.05) is 28.9 Å². The number of aromatic nitrogens is 2. The Morgan fingerprint density at radius 3 is 2.59 bits per heavy atom. The molecule has 0 amide bonds. The van der Waals surface area contributed by atoms with Crippen molar-refractivity contribution in [2.45, 2.75) is 32.1 Å². The largest absolute Gasteiger partial charge is 0.437 e. The molecule has 0 unspecified atom stereocenters. The summed E-state index contributed by atoms with van der Waals surface area (Å²) in [6, 6.07) is 11.2. The second-order valence-corrected chi connectivity index (χ2v) is 7.44. The Balaban J connectivity index is 1.69. The van der Waals surface area contributed by atoms with Gasteiger partial charge in [0.2, 0.25) is 5.88 Å². The topological polar surface area (TPSA) is 69.2 Å². The predicted molar refractivity (Wildman–Crippen MR) is 105 cm³/mol. The van der Waals surface area contributed by atoms with Crippen LogP contribution in [0, 0.1) is 0 Å². The average molecular weight is 425 g/mol. The van der Waals surface area contributed by atoms with E-state index < -0.39 is 5.92 Å². The van der Waals surface area contributed by atoms with Crippen molar-refractivity contribution in [1.82, 2.24) is 9.97 Å². The van der Waals surface area contributed by atoms with Crippen LogP contribution in [-0.2, 0) is 16.0 Å². The van der Waals surface area contributed by atoms with Gasteiger partial charge < -0.3 is 4.74 Å². The van der Waals surface area contributed by atoms with Crippen molar-refractivity contribution in [2.24, 2.45) is 0 Å². The van der Waals surface area contributed by atoms with E-state index in [2.05, 4.69) is 25.9 Å². The molecule has 0 saturated heterocycles. The van der Waals surface area contributed by atoms with E-state index in [1.807, 2.05) is 37.3 Å². The Bertz CT molecular complexity index is 1050. The molecule has 0 radical (unpaired) electrons. The summed E-state index contributed by atoms with van der Waals surface area (Å²) in [5.74, 6) is 0.213. The molecule has 0 atom stereocenters. The number of carbonyl (C=O) groups excluding carboxylic acids is 2. The van der Waals surface area contributed by atoms with E-state index in [9.17, 15) is 9.59 Å². The molecule has 1 saturated carbocycles. The summed E-state index contributed by atoms with van der Waals surface area (Å²) in [5, 5.41) is 0. The van der Waals surface area contributed by atoms with Crippen LogP contribution >= 0.6 is 15.9 Å². The average Bonchev–Trinajstić information content (AvgIpc) is 2.99. The fourth-order valence-corrected chi connectivity index (χ4v) is 3.78. The molecule has 6 heteroatoms. The zero-order valence-electron chi connectivity index (χ0n) is 14.7. The van der Waals surface area contributed by atoms with Crippen LogP contribution in [-0.4, -0.2) is 21.5 Å². The third-order valence-electron chi connectivity index (χ3n) is 4.78. The molecule has 136 valence electrons. The number of nitrogens with zero attached hydrogens (tertiary/aromatic N) is 2. The minimum Gasteiger partial charge on any atom is -0.437 e. The summed E-state index contributed by atoms with van der Waals surface area (Å²) >= 11 is 3.43. The normalized spacial score (nSPS) is 14.9. The highest BCUT2D eigenvalue weighted by Crippen LogP contribution is 2.34. The Morgan fingerprint density at radius 1 is 1.07 bits per heavy atom. The Morgan fingerprint density at radius 2 is 1.85 bits per heavy atom. The third-order valence-corrected chi connectivity index (χ3v) is 5.27. The van der Waals surface area contributed by atoms with Crippen molar-refractivity contribution >= 4 is 38.5 Å². The first-order valence-corrected chi connectivity index (χ1v) is 9.63. The number of rotatable bonds is 4. The molecule has 2 aromatic carbocycles. The number of hydrogen-bond donors (Lipinski definition) is 0. The first kappa shape index (κ1) is 17.8. The van der Waals surface area contributed by atoms with Crippen LogP contribution in [0.2, 0.25) is 0 Å². The summed E-state index contributed by atoms with van der Waals surface area (Å²) < 4.78 is 6.80. The Kier molecular flexibility index (Phi) is 4.74. The van der Waals surface area contributed by atoms with E-state index in [1.54, 1.807) is 12.3 Å². The highest BCUT2D eigenvalue weighted by atomic mass is 79.9. The van der Waals surface area contributed by atoms with Crippen molar-refractivity contribution in [3.05, 3.63) is 58.2 Å². The van der Waals surface area contributed by atoms with Crippen LogP contribution in [0.5, 0.6) is 11.6 Å². The molecule has 0 aliphatic heterocycles. The van der Waals surface area contributed by atoms with Crippen LogP contribution in [0.3, 0.4) is 0 Å². The Hall–Kier alpha value is -2.60. The van der Waals surface area contributed by atoms with Gasteiger partial charge in [0.05, 0.1) is 17.2 Å². The lowest BCUT2D eigenvalue weighted by atomic mass is 9.90. The smallest absolute Gasteiger partial charge is 0.238 e. The lowest BCUT2D eigenvalue weighted by molar-refractivity contribution is -0.123. The predicted octanol–water partition coefficient (Wildman–Crippen LogP) is 4.76. The standard InChI is InChI=1S/C21H17BrN2O3/c1-2-12-3-5-14(10-15(12)21-18(25)7-8-19(21)26)27-20-11-23-16-6-4-13(22)9-17(16)24-20/h3-6,9-11,21H,2,7-8H2,1H3. The molecular formula is C21H17BrN2O3. The Labute approximate surface area is 164 Å². The summed E-state index contributed by atoms with van der Waals surface area (Å²) in [6.45, 7) is 2.01. The lowest BCUT2D eigenvalue weighted by Crippen LogP contribution is -2.14. The maximum atomic E-state index is 12.2. The fourth-order valence-electron chi connectivity index (χ4n) is 3.43. The van der Waals surface area contributed by atoms with Crippen molar-refractivity contribution in [3.8, 4) is 11.6 Å². The van der Waals surface area contributed by atoms with Crippen molar-refractivity contribution in [2.75, 3.05) is 0 Å². The second-order valence-electron chi connectivity index (χ2n) is 6.52. The van der Waals surface area contributed by atoms with Crippen LogP contribution < -0.4 is 4.74 Å². The zero-order valence-corrected chi connectivity index (χ0v) is 16.3. The number of benzene rings is 2. The van der Waals surface area contributed by atoms with Crippen LogP contribution in [0.1, 0.15) is 36.8 Å². The maximum absolute atomic E-state index is 12.2. The minimum absolute atomic E-state index is 0.0119. The first-order valence-electron chi connectivity index (χ1n) is 8.83. The van der Waals surface area contributed by atoms with Gasteiger partial charge >= 0.3 is 0 Å².